The Balaban J connectivity index is 0.00000242. The highest BCUT2D eigenvalue weighted by atomic mass is 35.5. The zero-order chi connectivity index (χ0) is 15.2. The summed E-state index contributed by atoms with van der Waals surface area (Å²) in [7, 11) is 1.66. The molecule has 1 aromatic carbocycles. The van der Waals surface area contributed by atoms with E-state index >= 15 is 0 Å². The number of ether oxygens (including phenoxy) is 1. The van der Waals surface area contributed by atoms with Crippen LogP contribution in [0.3, 0.4) is 0 Å². The number of nitrogens with one attached hydrogen (secondary N) is 1. The Morgan fingerprint density at radius 2 is 2.27 bits per heavy atom. The van der Waals surface area contributed by atoms with E-state index in [2.05, 4.69) is 18.3 Å². The third-order valence-corrected chi connectivity index (χ3v) is 4.29. The zero-order valence-corrected chi connectivity index (χ0v) is 14.5. The highest BCUT2D eigenvalue weighted by Gasteiger charge is 2.24. The van der Waals surface area contributed by atoms with Gasteiger partial charge >= 0.3 is 0 Å². The molecule has 1 N–H and O–H groups in total. The van der Waals surface area contributed by atoms with Gasteiger partial charge in [-0.2, -0.15) is 0 Å². The molecule has 1 aliphatic rings. The first-order valence-electron chi connectivity index (χ1n) is 7.82. The number of carbonyl (C=O) groups excluding carboxylic acids is 1. The van der Waals surface area contributed by atoms with Gasteiger partial charge in [0.1, 0.15) is 5.75 Å². The first kappa shape index (κ1) is 18.8. The van der Waals surface area contributed by atoms with Crippen molar-refractivity contribution in [3.63, 3.8) is 0 Å². The van der Waals surface area contributed by atoms with Gasteiger partial charge in [-0.25, -0.2) is 0 Å². The smallest absolute Gasteiger partial charge is 0.224 e. The van der Waals surface area contributed by atoms with Crippen LogP contribution in [-0.2, 0) is 4.79 Å². The number of methoxy groups -OCH3 is 1. The van der Waals surface area contributed by atoms with Crippen molar-refractivity contribution in [2.75, 3.05) is 20.2 Å². The number of benzene rings is 1. The van der Waals surface area contributed by atoms with E-state index in [4.69, 9.17) is 4.74 Å². The van der Waals surface area contributed by atoms with Crippen LogP contribution in [0.1, 0.15) is 44.7 Å². The summed E-state index contributed by atoms with van der Waals surface area (Å²) < 4.78 is 5.27. The van der Waals surface area contributed by atoms with Gasteiger partial charge in [0.25, 0.3) is 0 Å². The molecule has 0 radical (unpaired) electrons. The molecule has 2 rings (SSSR count). The summed E-state index contributed by atoms with van der Waals surface area (Å²) in [6.45, 7) is 5.88. The Kier molecular flexibility index (Phi) is 7.69. The lowest BCUT2D eigenvalue weighted by atomic mass is 10.0. The van der Waals surface area contributed by atoms with Crippen molar-refractivity contribution in [3.05, 3.63) is 29.8 Å². The molecule has 0 aromatic heterocycles. The third kappa shape index (κ3) is 4.62. The molecule has 2 unspecified atom stereocenters. The molecule has 1 heterocycles. The summed E-state index contributed by atoms with van der Waals surface area (Å²) in [6, 6.07) is 8.38. The average molecular weight is 327 g/mol. The SMILES string of the molecule is CCN(C(=O)CC1CCCN1)C(C)c1cccc(OC)c1.Cl. The predicted octanol–water partition coefficient (Wildman–Crippen LogP) is 3.17. The molecule has 1 saturated heterocycles. The highest BCUT2D eigenvalue weighted by Crippen LogP contribution is 2.25. The fraction of sp³-hybridized carbons (Fsp3) is 0.588. The zero-order valence-electron chi connectivity index (χ0n) is 13.7. The topological polar surface area (TPSA) is 41.6 Å². The Morgan fingerprint density at radius 1 is 1.50 bits per heavy atom. The van der Waals surface area contributed by atoms with E-state index in [1.54, 1.807) is 7.11 Å². The minimum atomic E-state index is 0. The van der Waals surface area contributed by atoms with Crippen molar-refractivity contribution in [3.8, 4) is 5.75 Å². The number of rotatable bonds is 6. The third-order valence-electron chi connectivity index (χ3n) is 4.29. The standard InChI is InChI=1S/C17H26N2O2.ClH/c1-4-19(17(20)12-15-8-6-10-18-15)13(2)14-7-5-9-16(11-14)21-3;/h5,7,9,11,13,15,18H,4,6,8,10,12H2,1-3H3;1H. The summed E-state index contributed by atoms with van der Waals surface area (Å²) in [5.41, 5.74) is 1.11. The molecule has 4 nitrogen and oxygen atoms in total. The van der Waals surface area contributed by atoms with Crippen LogP contribution in [0.2, 0.25) is 0 Å². The monoisotopic (exact) mass is 326 g/mol. The van der Waals surface area contributed by atoms with Gasteiger partial charge in [-0.15, -0.1) is 12.4 Å². The number of hydrogen-bond acceptors (Lipinski definition) is 3. The van der Waals surface area contributed by atoms with Crippen LogP contribution >= 0.6 is 12.4 Å². The van der Waals surface area contributed by atoms with Gasteiger partial charge in [0.2, 0.25) is 5.91 Å². The van der Waals surface area contributed by atoms with Gasteiger partial charge in [-0.3, -0.25) is 4.79 Å². The van der Waals surface area contributed by atoms with Gasteiger partial charge in [0, 0.05) is 19.0 Å². The summed E-state index contributed by atoms with van der Waals surface area (Å²) in [5, 5.41) is 3.40. The molecule has 22 heavy (non-hydrogen) atoms. The maximum absolute atomic E-state index is 12.6. The molecule has 1 aliphatic heterocycles. The van der Waals surface area contributed by atoms with E-state index in [0.717, 1.165) is 30.8 Å². The first-order valence-corrected chi connectivity index (χ1v) is 7.82. The lowest BCUT2D eigenvalue weighted by Gasteiger charge is -2.29. The average Bonchev–Trinajstić information content (AvgIpc) is 3.00. The van der Waals surface area contributed by atoms with Gasteiger partial charge in [-0.1, -0.05) is 12.1 Å². The van der Waals surface area contributed by atoms with Crippen LogP contribution in [0, 0.1) is 0 Å². The summed E-state index contributed by atoms with van der Waals surface area (Å²) in [4.78, 5) is 14.5. The maximum Gasteiger partial charge on any atom is 0.224 e. The molecule has 0 saturated carbocycles. The predicted molar refractivity (Wildman–Crippen MR) is 91.7 cm³/mol. The Morgan fingerprint density at radius 3 is 2.86 bits per heavy atom. The molecule has 0 spiro atoms. The van der Waals surface area contributed by atoms with Crippen LogP contribution in [0.5, 0.6) is 5.75 Å². The fourth-order valence-corrected chi connectivity index (χ4v) is 3.01. The Labute approximate surface area is 139 Å². The maximum atomic E-state index is 12.6. The number of nitrogens with zero attached hydrogens (tertiary/aromatic N) is 1. The molecule has 1 aromatic rings. The number of carbonyl (C=O) groups is 1. The van der Waals surface area contributed by atoms with Crippen molar-refractivity contribution in [2.24, 2.45) is 0 Å². The Hall–Kier alpha value is -1.26. The van der Waals surface area contributed by atoms with Crippen LogP contribution in [-0.4, -0.2) is 37.0 Å². The van der Waals surface area contributed by atoms with Gasteiger partial charge < -0.3 is 15.0 Å². The van der Waals surface area contributed by atoms with E-state index in [9.17, 15) is 4.79 Å². The molecule has 0 bridgehead atoms. The normalized spacial score (nSPS) is 18.4. The molecular weight excluding hydrogens is 300 g/mol. The van der Waals surface area contributed by atoms with Crippen molar-refractivity contribution in [1.82, 2.24) is 10.2 Å². The summed E-state index contributed by atoms with van der Waals surface area (Å²) >= 11 is 0. The molecule has 5 heteroatoms. The van der Waals surface area contributed by atoms with E-state index in [1.165, 1.54) is 6.42 Å². The second-order valence-corrected chi connectivity index (χ2v) is 5.63. The van der Waals surface area contributed by atoms with Gasteiger partial charge in [-0.05, 0) is 50.9 Å². The number of halogens is 1. The quantitative estimate of drug-likeness (QED) is 0.873. The highest BCUT2D eigenvalue weighted by molar-refractivity contribution is 5.85. The van der Waals surface area contributed by atoms with Crippen LogP contribution in [0.4, 0.5) is 0 Å². The molecular formula is C17H27ClN2O2. The molecule has 124 valence electrons. The minimum Gasteiger partial charge on any atom is -0.497 e. The van der Waals surface area contributed by atoms with E-state index in [-0.39, 0.29) is 24.4 Å². The van der Waals surface area contributed by atoms with Crippen LogP contribution in [0.25, 0.3) is 0 Å². The number of hydrogen-bond donors (Lipinski definition) is 1. The van der Waals surface area contributed by atoms with Crippen molar-refractivity contribution in [2.45, 2.75) is 45.2 Å². The molecule has 1 fully saturated rings. The fourth-order valence-electron chi connectivity index (χ4n) is 3.01. The van der Waals surface area contributed by atoms with Gasteiger partial charge in [0.15, 0.2) is 0 Å². The molecule has 1 amide bonds. The van der Waals surface area contributed by atoms with Crippen molar-refractivity contribution < 1.29 is 9.53 Å². The van der Waals surface area contributed by atoms with Crippen molar-refractivity contribution in [1.29, 1.82) is 0 Å². The first-order chi connectivity index (χ1) is 10.2. The van der Waals surface area contributed by atoms with Crippen LogP contribution < -0.4 is 10.1 Å². The summed E-state index contributed by atoms with van der Waals surface area (Å²) in [5.74, 6) is 1.06. The summed E-state index contributed by atoms with van der Waals surface area (Å²) in [6.07, 6.45) is 2.88. The Bertz CT molecular complexity index is 475. The molecule has 2 atom stereocenters. The largest absolute Gasteiger partial charge is 0.497 e. The molecule has 0 aliphatic carbocycles. The second kappa shape index (κ2) is 9.01. The lowest BCUT2D eigenvalue weighted by molar-refractivity contribution is -0.133. The van der Waals surface area contributed by atoms with Crippen LogP contribution in [0.15, 0.2) is 24.3 Å². The van der Waals surface area contributed by atoms with Crippen molar-refractivity contribution >= 4 is 18.3 Å². The number of amides is 1. The second-order valence-electron chi connectivity index (χ2n) is 5.63. The lowest BCUT2D eigenvalue weighted by Crippen LogP contribution is -2.37. The van der Waals surface area contributed by atoms with E-state index < -0.39 is 0 Å². The van der Waals surface area contributed by atoms with E-state index in [1.807, 2.05) is 30.0 Å². The van der Waals surface area contributed by atoms with E-state index in [0.29, 0.717) is 12.5 Å². The minimum absolute atomic E-state index is 0. The van der Waals surface area contributed by atoms with Gasteiger partial charge in [0.05, 0.1) is 13.2 Å².